The molecule has 1 unspecified atom stereocenters. The predicted octanol–water partition coefficient (Wildman–Crippen LogP) is 4.10. The van der Waals surface area contributed by atoms with E-state index in [4.69, 9.17) is 5.84 Å². The van der Waals surface area contributed by atoms with Crippen LogP contribution in [0.5, 0.6) is 0 Å². The van der Waals surface area contributed by atoms with Crippen LogP contribution in [0.4, 0.5) is 0 Å². The summed E-state index contributed by atoms with van der Waals surface area (Å²) in [5, 5.41) is 0. The van der Waals surface area contributed by atoms with Gasteiger partial charge in [-0.1, -0.05) is 32.1 Å². The summed E-state index contributed by atoms with van der Waals surface area (Å²) in [5.74, 6) is 6.75. The van der Waals surface area contributed by atoms with Gasteiger partial charge in [-0.2, -0.15) is 0 Å². The first-order chi connectivity index (χ1) is 9.36. The molecule has 1 heterocycles. The van der Waals surface area contributed by atoms with Crippen LogP contribution in [0, 0.1) is 5.92 Å². The monoisotopic (exact) mass is 278 g/mol. The summed E-state index contributed by atoms with van der Waals surface area (Å²) in [5.41, 5.74) is 4.65. The number of thiophene rings is 1. The third kappa shape index (κ3) is 3.21. The molecule has 0 aromatic carbocycles. The first kappa shape index (κ1) is 13.6. The van der Waals surface area contributed by atoms with Crippen LogP contribution in [-0.2, 0) is 12.8 Å². The van der Waals surface area contributed by atoms with Crippen molar-refractivity contribution >= 4 is 11.3 Å². The van der Waals surface area contributed by atoms with Crippen LogP contribution in [0.25, 0.3) is 0 Å². The molecule has 1 fully saturated rings. The second kappa shape index (κ2) is 6.38. The lowest BCUT2D eigenvalue weighted by molar-refractivity contribution is 0.316. The van der Waals surface area contributed by atoms with Crippen molar-refractivity contribution in [3.05, 3.63) is 21.4 Å². The van der Waals surface area contributed by atoms with Gasteiger partial charge in [0.2, 0.25) is 0 Å². The number of hydrogen-bond donors (Lipinski definition) is 2. The van der Waals surface area contributed by atoms with Crippen LogP contribution >= 0.6 is 11.3 Å². The van der Waals surface area contributed by atoms with Gasteiger partial charge in [0.15, 0.2) is 0 Å². The van der Waals surface area contributed by atoms with E-state index in [1.165, 1.54) is 69.1 Å². The van der Waals surface area contributed by atoms with Crippen molar-refractivity contribution in [2.24, 2.45) is 11.8 Å². The summed E-state index contributed by atoms with van der Waals surface area (Å²) < 4.78 is 0. The van der Waals surface area contributed by atoms with Crippen LogP contribution in [0.2, 0.25) is 0 Å². The summed E-state index contributed by atoms with van der Waals surface area (Å²) in [4.78, 5) is 3.09. The molecule has 0 amide bonds. The number of fused-ring (bicyclic) bond motifs is 1. The molecule has 2 nitrogen and oxygen atoms in total. The van der Waals surface area contributed by atoms with E-state index in [1.54, 1.807) is 10.4 Å². The molecule has 1 saturated carbocycles. The first-order valence-electron chi connectivity index (χ1n) is 7.94. The van der Waals surface area contributed by atoms with Gasteiger partial charge in [0.25, 0.3) is 0 Å². The maximum absolute atomic E-state index is 5.80. The highest BCUT2D eigenvalue weighted by Crippen LogP contribution is 2.36. The molecule has 2 aliphatic rings. The number of nitrogens with two attached hydrogens (primary N) is 1. The van der Waals surface area contributed by atoms with Gasteiger partial charge in [-0.15, -0.1) is 11.3 Å². The van der Waals surface area contributed by atoms with Gasteiger partial charge in [-0.25, -0.2) is 0 Å². The Morgan fingerprint density at radius 1 is 1.21 bits per heavy atom. The van der Waals surface area contributed by atoms with Gasteiger partial charge in [0.1, 0.15) is 0 Å². The Morgan fingerprint density at radius 2 is 2.05 bits per heavy atom. The smallest absolute Gasteiger partial charge is 0.0553 e. The Balaban J connectivity index is 1.57. The summed E-state index contributed by atoms with van der Waals surface area (Å²) in [7, 11) is 0. The third-order valence-electron chi connectivity index (χ3n) is 4.90. The van der Waals surface area contributed by atoms with Crippen molar-refractivity contribution in [3.63, 3.8) is 0 Å². The number of hydrazine groups is 1. The van der Waals surface area contributed by atoms with Crippen molar-refractivity contribution < 1.29 is 0 Å². The SMILES string of the molecule is NNC(CCC1CCCCC1)c1cc2c(s1)CCC2. The van der Waals surface area contributed by atoms with Crippen molar-refractivity contribution in [1.82, 2.24) is 5.43 Å². The molecule has 2 aliphatic carbocycles. The van der Waals surface area contributed by atoms with Crippen molar-refractivity contribution in [1.29, 1.82) is 0 Å². The third-order valence-corrected chi connectivity index (χ3v) is 6.25. The van der Waals surface area contributed by atoms with Crippen LogP contribution in [0.1, 0.15) is 72.7 Å². The number of hydrogen-bond acceptors (Lipinski definition) is 3. The maximum Gasteiger partial charge on any atom is 0.0553 e. The number of nitrogens with one attached hydrogen (secondary N) is 1. The van der Waals surface area contributed by atoms with Crippen molar-refractivity contribution in [2.45, 2.75) is 70.3 Å². The van der Waals surface area contributed by atoms with Crippen LogP contribution in [0.3, 0.4) is 0 Å². The summed E-state index contributed by atoms with van der Waals surface area (Å²) in [6, 6.07) is 2.80. The molecule has 0 aliphatic heterocycles. The zero-order chi connectivity index (χ0) is 13.1. The lowest BCUT2D eigenvalue weighted by Crippen LogP contribution is -2.28. The van der Waals surface area contributed by atoms with E-state index in [0.29, 0.717) is 6.04 Å². The molecule has 0 spiro atoms. The average molecular weight is 278 g/mol. The molecule has 1 atom stereocenters. The zero-order valence-corrected chi connectivity index (χ0v) is 12.6. The molecule has 1 aromatic rings. The van der Waals surface area contributed by atoms with E-state index in [0.717, 1.165) is 5.92 Å². The van der Waals surface area contributed by atoms with E-state index in [9.17, 15) is 0 Å². The topological polar surface area (TPSA) is 38.0 Å². The minimum atomic E-state index is 0.387. The van der Waals surface area contributed by atoms with Gasteiger partial charge in [-0.05, 0) is 49.7 Å². The molecule has 0 radical (unpaired) electrons. The largest absolute Gasteiger partial charge is 0.271 e. The maximum atomic E-state index is 5.80. The fourth-order valence-electron chi connectivity index (χ4n) is 3.71. The molecule has 3 N–H and O–H groups in total. The van der Waals surface area contributed by atoms with Crippen molar-refractivity contribution in [3.8, 4) is 0 Å². The van der Waals surface area contributed by atoms with E-state index in [-0.39, 0.29) is 0 Å². The van der Waals surface area contributed by atoms with Gasteiger partial charge >= 0.3 is 0 Å². The highest BCUT2D eigenvalue weighted by Gasteiger charge is 2.21. The van der Waals surface area contributed by atoms with Gasteiger partial charge in [0.05, 0.1) is 6.04 Å². The fraction of sp³-hybridized carbons (Fsp3) is 0.750. The van der Waals surface area contributed by atoms with E-state index < -0.39 is 0 Å². The highest BCUT2D eigenvalue weighted by molar-refractivity contribution is 7.12. The summed E-state index contributed by atoms with van der Waals surface area (Å²) >= 11 is 2.00. The Hall–Kier alpha value is -0.380. The van der Waals surface area contributed by atoms with E-state index in [1.807, 2.05) is 11.3 Å². The summed E-state index contributed by atoms with van der Waals surface area (Å²) in [6.07, 6.45) is 13.7. The minimum absolute atomic E-state index is 0.387. The second-order valence-corrected chi connectivity index (χ2v) is 7.42. The van der Waals surface area contributed by atoms with Crippen LogP contribution in [0.15, 0.2) is 6.07 Å². The highest BCUT2D eigenvalue weighted by atomic mass is 32.1. The lowest BCUT2D eigenvalue weighted by atomic mass is 9.85. The molecule has 3 heteroatoms. The number of aryl methyl sites for hydroxylation is 2. The Morgan fingerprint density at radius 3 is 2.79 bits per heavy atom. The van der Waals surface area contributed by atoms with Gasteiger partial charge in [0, 0.05) is 9.75 Å². The minimum Gasteiger partial charge on any atom is -0.271 e. The molecule has 19 heavy (non-hydrogen) atoms. The molecule has 3 rings (SSSR count). The standard InChI is InChI=1S/C16H26N2S/c17-18-14(10-9-12-5-2-1-3-6-12)16-11-13-7-4-8-15(13)19-16/h11-12,14,18H,1-10,17H2. The van der Waals surface area contributed by atoms with E-state index in [2.05, 4.69) is 11.5 Å². The molecule has 0 saturated heterocycles. The molecular weight excluding hydrogens is 252 g/mol. The fourth-order valence-corrected chi connectivity index (χ4v) is 5.06. The van der Waals surface area contributed by atoms with Crippen molar-refractivity contribution in [2.75, 3.05) is 0 Å². The number of rotatable bonds is 5. The Labute approximate surface area is 120 Å². The Bertz CT molecular complexity index is 385. The quantitative estimate of drug-likeness (QED) is 0.628. The molecule has 106 valence electrons. The normalized spacial score (nSPS) is 21.5. The van der Waals surface area contributed by atoms with E-state index >= 15 is 0 Å². The molecule has 1 aromatic heterocycles. The first-order valence-corrected chi connectivity index (χ1v) is 8.76. The van der Waals surface area contributed by atoms with Gasteiger partial charge in [-0.3, -0.25) is 11.3 Å². The van der Waals surface area contributed by atoms with Crippen LogP contribution < -0.4 is 11.3 Å². The van der Waals surface area contributed by atoms with Crippen LogP contribution in [-0.4, -0.2) is 0 Å². The zero-order valence-electron chi connectivity index (χ0n) is 11.8. The molecule has 0 bridgehead atoms. The summed E-state index contributed by atoms with van der Waals surface area (Å²) in [6.45, 7) is 0. The second-order valence-electron chi connectivity index (χ2n) is 6.25. The predicted molar refractivity (Wildman–Crippen MR) is 82.2 cm³/mol. The molecular formula is C16H26N2S. The lowest BCUT2D eigenvalue weighted by Gasteiger charge is -2.23. The average Bonchev–Trinajstić information content (AvgIpc) is 3.02. The van der Waals surface area contributed by atoms with Gasteiger partial charge < -0.3 is 0 Å². The Kier molecular flexibility index (Phi) is 4.57.